The van der Waals surface area contributed by atoms with Crippen LogP contribution in [0.3, 0.4) is 0 Å². The lowest BCUT2D eigenvalue weighted by Gasteiger charge is -2.13. The highest BCUT2D eigenvalue weighted by molar-refractivity contribution is 6.01. The zero-order valence-corrected chi connectivity index (χ0v) is 16.4. The van der Waals surface area contributed by atoms with Crippen molar-refractivity contribution < 1.29 is 9.72 Å². The molecule has 8 heteroatoms. The summed E-state index contributed by atoms with van der Waals surface area (Å²) in [6.45, 7) is 6.12. The van der Waals surface area contributed by atoms with Crippen LogP contribution in [0.15, 0.2) is 60.8 Å². The minimum atomic E-state index is -0.466. The quantitative estimate of drug-likeness (QED) is 0.400. The zero-order valence-electron chi connectivity index (χ0n) is 16.4. The number of benzene rings is 1. The fraction of sp³-hybridized carbons (Fsp3) is 0.190. The maximum Gasteiger partial charge on any atom is 0.269 e. The van der Waals surface area contributed by atoms with Gasteiger partial charge in [-0.05, 0) is 35.9 Å². The van der Waals surface area contributed by atoms with E-state index in [9.17, 15) is 14.9 Å². The van der Waals surface area contributed by atoms with Gasteiger partial charge < -0.3 is 5.32 Å². The lowest BCUT2D eigenvalue weighted by atomic mass is 9.92. The van der Waals surface area contributed by atoms with Gasteiger partial charge in [0, 0.05) is 35.9 Å². The highest BCUT2D eigenvalue weighted by Crippen LogP contribution is 2.25. The van der Waals surface area contributed by atoms with E-state index in [1.165, 1.54) is 18.2 Å². The normalized spacial score (nSPS) is 11.6. The summed E-state index contributed by atoms with van der Waals surface area (Å²) in [5.74, 6) is 0.755. The first-order valence-corrected chi connectivity index (χ1v) is 8.99. The number of non-ortho nitro benzene ring substituents is 1. The van der Waals surface area contributed by atoms with E-state index < -0.39 is 4.92 Å². The lowest BCUT2D eigenvalue weighted by molar-refractivity contribution is -0.384. The molecule has 1 aromatic carbocycles. The van der Waals surface area contributed by atoms with Crippen LogP contribution in [0.2, 0.25) is 0 Å². The minimum Gasteiger partial charge on any atom is -0.307 e. The first kappa shape index (κ1) is 19.9. The Morgan fingerprint density at radius 2 is 1.90 bits per heavy atom. The molecule has 0 spiro atoms. The molecule has 1 N–H and O–H groups in total. The monoisotopic (exact) mass is 391 g/mol. The Bertz CT molecular complexity index is 1050. The fourth-order valence-corrected chi connectivity index (χ4v) is 2.54. The van der Waals surface area contributed by atoms with E-state index in [1.54, 1.807) is 29.1 Å². The molecule has 3 aromatic rings. The second-order valence-corrected chi connectivity index (χ2v) is 7.44. The van der Waals surface area contributed by atoms with Crippen LogP contribution in [0.1, 0.15) is 32.0 Å². The number of anilines is 1. The number of nitrogens with zero attached hydrogens (tertiary/aromatic N) is 4. The van der Waals surface area contributed by atoms with Crippen molar-refractivity contribution in [2.75, 3.05) is 5.32 Å². The summed E-state index contributed by atoms with van der Waals surface area (Å²) in [6.07, 6.45) is 4.62. The first-order valence-electron chi connectivity index (χ1n) is 8.99. The van der Waals surface area contributed by atoms with Gasteiger partial charge in [0.05, 0.1) is 10.6 Å². The van der Waals surface area contributed by atoms with Crippen molar-refractivity contribution in [2.45, 2.75) is 26.2 Å². The molecule has 0 saturated heterocycles. The molecule has 0 atom stereocenters. The van der Waals surface area contributed by atoms with Gasteiger partial charge in [0.1, 0.15) is 5.82 Å². The van der Waals surface area contributed by atoms with Crippen LogP contribution in [-0.4, -0.2) is 25.6 Å². The van der Waals surface area contributed by atoms with Gasteiger partial charge >= 0.3 is 0 Å². The number of hydrogen-bond donors (Lipinski definition) is 1. The number of nitrogens with one attached hydrogen (secondary N) is 1. The molecule has 29 heavy (non-hydrogen) atoms. The maximum absolute atomic E-state index is 12.4. The van der Waals surface area contributed by atoms with Crippen molar-refractivity contribution in [1.29, 1.82) is 0 Å². The third-order valence-corrected chi connectivity index (χ3v) is 4.13. The fourth-order valence-electron chi connectivity index (χ4n) is 2.54. The largest absolute Gasteiger partial charge is 0.307 e. The smallest absolute Gasteiger partial charge is 0.269 e. The molecular weight excluding hydrogens is 370 g/mol. The molecule has 3 rings (SSSR count). The van der Waals surface area contributed by atoms with Crippen molar-refractivity contribution in [1.82, 2.24) is 14.8 Å². The van der Waals surface area contributed by atoms with Gasteiger partial charge in [-0.2, -0.15) is 9.78 Å². The van der Waals surface area contributed by atoms with Crippen LogP contribution in [0.5, 0.6) is 0 Å². The molecule has 0 saturated carbocycles. The highest BCUT2D eigenvalue weighted by atomic mass is 16.6. The number of amides is 1. The molecule has 0 unspecified atom stereocenters. The molecule has 1 amide bonds. The van der Waals surface area contributed by atoms with Crippen molar-refractivity contribution >= 4 is 23.5 Å². The topological polar surface area (TPSA) is 103 Å². The van der Waals surface area contributed by atoms with Crippen molar-refractivity contribution in [2.24, 2.45) is 0 Å². The molecule has 0 aliphatic heterocycles. The number of nitro benzene ring substituents is 1. The molecular formula is C21H21N5O3. The third kappa shape index (κ3) is 4.92. The van der Waals surface area contributed by atoms with Crippen molar-refractivity contribution in [3.8, 4) is 5.82 Å². The van der Waals surface area contributed by atoms with Crippen LogP contribution in [0.4, 0.5) is 11.5 Å². The molecule has 8 nitrogen and oxygen atoms in total. The molecule has 2 aromatic heterocycles. The SMILES string of the molecule is CC(C)(C)c1cc(NC(=O)/C=C/c2ccc([N+](=O)[O-])cc2)n(-c2ccccn2)n1. The van der Waals surface area contributed by atoms with Crippen LogP contribution >= 0.6 is 0 Å². The standard InChI is InChI=1S/C21H21N5O3/c1-21(2,3)17-14-19(25(24-17)18-6-4-5-13-22-18)23-20(27)12-9-15-7-10-16(11-8-15)26(28)29/h4-14H,1-3H3,(H,23,27)/b12-9+. The zero-order chi connectivity index (χ0) is 21.0. The van der Waals surface area contributed by atoms with Gasteiger partial charge in [0.15, 0.2) is 5.82 Å². The number of hydrogen-bond acceptors (Lipinski definition) is 5. The average molecular weight is 391 g/mol. The van der Waals surface area contributed by atoms with Gasteiger partial charge in [-0.3, -0.25) is 14.9 Å². The molecule has 0 aliphatic rings. The summed E-state index contributed by atoms with van der Waals surface area (Å²) >= 11 is 0. The summed E-state index contributed by atoms with van der Waals surface area (Å²) < 4.78 is 1.60. The van der Waals surface area contributed by atoms with Gasteiger partial charge in [-0.1, -0.05) is 26.8 Å². The number of pyridine rings is 1. The van der Waals surface area contributed by atoms with Gasteiger partial charge in [0.2, 0.25) is 5.91 Å². The number of rotatable bonds is 5. The van der Waals surface area contributed by atoms with Crippen LogP contribution in [0.25, 0.3) is 11.9 Å². The van der Waals surface area contributed by atoms with E-state index in [0.717, 1.165) is 5.69 Å². The van der Waals surface area contributed by atoms with E-state index >= 15 is 0 Å². The Kier molecular flexibility index (Phi) is 5.54. The maximum atomic E-state index is 12.4. The Balaban J connectivity index is 1.82. The molecule has 0 bridgehead atoms. The third-order valence-electron chi connectivity index (χ3n) is 4.13. The second-order valence-electron chi connectivity index (χ2n) is 7.44. The predicted molar refractivity (Wildman–Crippen MR) is 111 cm³/mol. The summed E-state index contributed by atoms with van der Waals surface area (Å²) in [5, 5.41) is 18.1. The molecule has 0 radical (unpaired) electrons. The van der Waals surface area contributed by atoms with Crippen LogP contribution in [-0.2, 0) is 10.2 Å². The second kappa shape index (κ2) is 8.05. The molecule has 148 valence electrons. The molecule has 2 heterocycles. The summed E-state index contributed by atoms with van der Waals surface area (Å²) in [6, 6.07) is 13.2. The van der Waals surface area contributed by atoms with Crippen LogP contribution < -0.4 is 5.32 Å². The Hall–Kier alpha value is -3.81. The van der Waals surface area contributed by atoms with E-state index in [1.807, 2.05) is 45.0 Å². The minimum absolute atomic E-state index is 0.000532. The van der Waals surface area contributed by atoms with Gasteiger partial charge in [-0.15, -0.1) is 0 Å². The number of carbonyl (C=O) groups excluding carboxylic acids is 1. The van der Waals surface area contributed by atoms with E-state index in [0.29, 0.717) is 17.2 Å². The molecule has 0 fully saturated rings. The van der Waals surface area contributed by atoms with E-state index in [2.05, 4.69) is 15.4 Å². The Morgan fingerprint density at radius 1 is 1.17 bits per heavy atom. The Morgan fingerprint density at radius 3 is 2.48 bits per heavy atom. The summed E-state index contributed by atoms with van der Waals surface area (Å²) in [7, 11) is 0. The summed E-state index contributed by atoms with van der Waals surface area (Å²) in [5.41, 5.74) is 1.30. The molecule has 0 aliphatic carbocycles. The lowest BCUT2D eigenvalue weighted by Crippen LogP contribution is -2.13. The van der Waals surface area contributed by atoms with Crippen LogP contribution in [0, 0.1) is 10.1 Å². The van der Waals surface area contributed by atoms with Crippen molar-refractivity contribution in [3.63, 3.8) is 0 Å². The van der Waals surface area contributed by atoms with Gasteiger partial charge in [0.25, 0.3) is 5.69 Å². The predicted octanol–water partition coefficient (Wildman–Crippen LogP) is 4.12. The number of aromatic nitrogens is 3. The van der Waals surface area contributed by atoms with E-state index in [4.69, 9.17) is 0 Å². The average Bonchev–Trinajstić information content (AvgIpc) is 3.11. The Labute approximate surface area is 168 Å². The number of carbonyl (C=O) groups is 1. The summed E-state index contributed by atoms with van der Waals surface area (Å²) in [4.78, 5) is 27.0. The number of nitro groups is 1. The van der Waals surface area contributed by atoms with Crippen molar-refractivity contribution in [3.05, 3.63) is 82.2 Å². The van der Waals surface area contributed by atoms with Gasteiger partial charge in [-0.25, -0.2) is 4.98 Å². The first-order chi connectivity index (χ1) is 13.7. The van der Waals surface area contributed by atoms with E-state index in [-0.39, 0.29) is 17.0 Å². The highest BCUT2D eigenvalue weighted by Gasteiger charge is 2.21.